The van der Waals surface area contributed by atoms with E-state index < -0.39 is 9.84 Å². The minimum Gasteiger partial charge on any atom is -0.457 e. The number of hydrogen-bond donors (Lipinski definition) is 0. The third-order valence-corrected chi connectivity index (χ3v) is 4.07. The molecule has 0 saturated carbocycles. The van der Waals surface area contributed by atoms with Gasteiger partial charge in [0.05, 0.1) is 4.90 Å². The number of cyclic esters (lactones) is 1. The van der Waals surface area contributed by atoms with Crippen LogP contribution in [0.3, 0.4) is 0 Å². The molecular formula is C13H14O4S. The predicted octanol–water partition coefficient (Wildman–Crippen LogP) is 1.81. The van der Waals surface area contributed by atoms with Crippen molar-refractivity contribution < 1.29 is 17.9 Å². The lowest BCUT2D eigenvalue weighted by atomic mass is 10.0. The van der Waals surface area contributed by atoms with Crippen molar-refractivity contribution in [2.24, 2.45) is 0 Å². The molecular weight excluding hydrogens is 252 g/mol. The summed E-state index contributed by atoms with van der Waals surface area (Å²) in [5.74, 6) is -0.278. The number of esters is 1. The molecule has 0 aromatic heterocycles. The van der Waals surface area contributed by atoms with Crippen molar-refractivity contribution in [3.8, 4) is 0 Å². The number of carbonyl (C=O) groups is 1. The molecule has 1 aliphatic rings. The van der Waals surface area contributed by atoms with Gasteiger partial charge in [0.1, 0.15) is 6.61 Å². The second-order valence-corrected chi connectivity index (χ2v) is 6.20. The summed E-state index contributed by atoms with van der Waals surface area (Å²) in [7, 11) is -3.19. The first-order chi connectivity index (χ1) is 8.43. The lowest BCUT2D eigenvalue weighted by Gasteiger charge is -2.04. The second-order valence-electron chi connectivity index (χ2n) is 4.18. The fourth-order valence-electron chi connectivity index (χ4n) is 1.95. The smallest absolute Gasteiger partial charge is 0.334 e. The van der Waals surface area contributed by atoms with Crippen LogP contribution >= 0.6 is 0 Å². The Morgan fingerprint density at radius 1 is 1.22 bits per heavy atom. The van der Waals surface area contributed by atoms with Crippen molar-refractivity contribution in [2.75, 3.05) is 12.9 Å². The van der Waals surface area contributed by atoms with Crippen LogP contribution in [0.5, 0.6) is 0 Å². The first-order valence-electron chi connectivity index (χ1n) is 5.63. The standard InChI is InChI=1S/C13H14O4S/c1-3-11-12(8-17-13(11)14)9-4-6-10(7-5-9)18(2,15)16/h4-7H,3,8H2,1-2H3. The summed E-state index contributed by atoms with van der Waals surface area (Å²) in [6.45, 7) is 2.16. The Bertz CT molecular complexity index is 609. The zero-order chi connectivity index (χ0) is 13.3. The van der Waals surface area contributed by atoms with Crippen molar-refractivity contribution in [2.45, 2.75) is 18.2 Å². The van der Waals surface area contributed by atoms with Gasteiger partial charge in [-0.2, -0.15) is 0 Å². The fraction of sp³-hybridized carbons (Fsp3) is 0.308. The van der Waals surface area contributed by atoms with E-state index >= 15 is 0 Å². The van der Waals surface area contributed by atoms with Gasteiger partial charge in [-0.15, -0.1) is 0 Å². The maximum absolute atomic E-state index is 11.4. The molecule has 0 radical (unpaired) electrons. The quantitative estimate of drug-likeness (QED) is 0.783. The zero-order valence-electron chi connectivity index (χ0n) is 10.3. The van der Waals surface area contributed by atoms with Crippen LogP contribution in [-0.2, 0) is 19.4 Å². The number of rotatable bonds is 3. The van der Waals surface area contributed by atoms with E-state index in [1.54, 1.807) is 24.3 Å². The Balaban J connectivity index is 2.42. The monoisotopic (exact) mass is 266 g/mol. The number of benzene rings is 1. The van der Waals surface area contributed by atoms with Gasteiger partial charge in [-0.05, 0) is 24.1 Å². The molecule has 0 fully saturated rings. The summed E-state index contributed by atoms with van der Waals surface area (Å²) in [6.07, 6.45) is 1.78. The molecule has 18 heavy (non-hydrogen) atoms. The molecule has 0 saturated heterocycles. The minimum absolute atomic E-state index is 0.264. The van der Waals surface area contributed by atoms with Gasteiger partial charge >= 0.3 is 5.97 Å². The Morgan fingerprint density at radius 2 is 1.83 bits per heavy atom. The molecule has 1 aromatic carbocycles. The van der Waals surface area contributed by atoms with Crippen LogP contribution in [0.1, 0.15) is 18.9 Å². The Morgan fingerprint density at radius 3 is 2.33 bits per heavy atom. The number of sulfone groups is 1. The first-order valence-corrected chi connectivity index (χ1v) is 7.52. The van der Waals surface area contributed by atoms with Crippen LogP contribution in [0.2, 0.25) is 0 Å². The number of hydrogen-bond acceptors (Lipinski definition) is 4. The van der Waals surface area contributed by atoms with Crippen LogP contribution in [-0.4, -0.2) is 27.2 Å². The van der Waals surface area contributed by atoms with E-state index in [9.17, 15) is 13.2 Å². The normalized spacial score (nSPS) is 16.0. The molecule has 0 spiro atoms. The average Bonchev–Trinajstić information content (AvgIpc) is 2.69. The lowest BCUT2D eigenvalue weighted by Crippen LogP contribution is -1.98. The molecule has 0 aliphatic carbocycles. The van der Waals surface area contributed by atoms with E-state index in [4.69, 9.17) is 4.74 Å². The minimum atomic E-state index is -3.19. The third-order valence-electron chi connectivity index (χ3n) is 2.94. The van der Waals surface area contributed by atoms with Crippen LogP contribution < -0.4 is 0 Å². The van der Waals surface area contributed by atoms with Crippen molar-refractivity contribution in [1.29, 1.82) is 0 Å². The molecule has 1 heterocycles. The van der Waals surface area contributed by atoms with Gasteiger partial charge in [-0.1, -0.05) is 19.1 Å². The van der Waals surface area contributed by atoms with Crippen LogP contribution in [0.4, 0.5) is 0 Å². The highest BCUT2D eigenvalue weighted by Gasteiger charge is 2.24. The van der Waals surface area contributed by atoms with Gasteiger partial charge in [0, 0.05) is 17.4 Å². The highest BCUT2D eigenvalue weighted by molar-refractivity contribution is 7.90. The molecule has 0 N–H and O–H groups in total. The summed E-state index contributed by atoms with van der Waals surface area (Å²) in [5.41, 5.74) is 2.36. The molecule has 96 valence electrons. The topological polar surface area (TPSA) is 60.4 Å². The van der Waals surface area contributed by atoms with Gasteiger partial charge < -0.3 is 4.74 Å². The van der Waals surface area contributed by atoms with Gasteiger partial charge in [-0.25, -0.2) is 13.2 Å². The molecule has 0 amide bonds. The van der Waals surface area contributed by atoms with E-state index in [0.717, 1.165) is 11.1 Å². The van der Waals surface area contributed by atoms with Gasteiger partial charge in [0.2, 0.25) is 0 Å². The molecule has 5 heteroatoms. The van der Waals surface area contributed by atoms with Crippen molar-refractivity contribution >= 4 is 21.4 Å². The van der Waals surface area contributed by atoms with Gasteiger partial charge in [0.15, 0.2) is 9.84 Å². The average molecular weight is 266 g/mol. The SMILES string of the molecule is CCC1=C(c2ccc(S(C)(=O)=O)cc2)COC1=O. The second kappa shape index (κ2) is 4.57. The Kier molecular flexibility index (Phi) is 3.26. The van der Waals surface area contributed by atoms with Crippen molar-refractivity contribution in [3.05, 3.63) is 35.4 Å². The fourth-order valence-corrected chi connectivity index (χ4v) is 2.58. The predicted molar refractivity (Wildman–Crippen MR) is 67.7 cm³/mol. The molecule has 0 bridgehead atoms. The molecule has 2 rings (SSSR count). The van der Waals surface area contributed by atoms with E-state index in [-0.39, 0.29) is 17.5 Å². The van der Waals surface area contributed by atoms with Crippen LogP contribution in [0.25, 0.3) is 5.57 Å². The molecule has 0 unspecified atom stereocenters. The maximum Gasteiger partial charge on any atom is 0.334 e. The van der Waals surface area contributed by atoms with Gasteiger partial charge in [-0.3, -0.25) is 0 Å². The summed E-state index contributed by atoms with van der Waals surface area (Å²) in [5, 5.41) is 0. The van der Waals surface area contributed by atoms with Gasteiger partial charge in [0.25, 0.3) is 0 Å². The van der Waals surface area contributed by atoms with E-state index in [1.165, 1.54) is 6.26 Å². The summed E-state index contributed by atoms with van der Waals surface area (Å²) < 4.78 is 27.7. The first kappa shape index (κ1) is 12.8. The summed E-state index contributed by atoms with van der Waals surface area (Å²) in [4.78, 5) is 11.7. The molecule has 0 atom stereocenters. The van der Waals surface area contributed by atoms with Crippen molar-refractivity contribution in [1.82, 2.24) is 0 Å². The van der Waals surface area contributed by atoms with E-state index in [1.807, 2.05) is 6.92 Å². The largest absolute Gasteiger partial charge is 0.457 e. The molecule has 1 aromatic rings. The third kappa shape index (κ3) is 2.31. The zero-order valence-corrected chi connectivity index (χ0v) is 11.1. The lowest BCUT2D eigenvalue weighted by molar-refractivity contribution is -0.136. The maximum atomic E-state index is 11.4. The number of carbonyl (C=O) groups excluding carboxylic acids is 1. The molecule has 1 aliphatic heterocycles. The summed E-state index contributed by atoms with van der Waals surface area (Å²) >= 11 is 0. The van der Waals surface area contributed by atoms with Crippen LogP contribution in [0, 0.1) is 0 Å². The van der Waals surface area contributed by atoms with E-state index in [2.05, 4.69) is 0 Å². The molecule has 4 nitrogen and oxygen atoms in total. The Hall–Kier alpha value is -1.62. The number of ether oxygens (including phenoxy) is 1. The highest BCUT2D eigenvalue weighted by Crippen LogP contribution is 2.28. The van der Waals surface area contributed by atoms with Crippen molar-refractivity contribution in [3.63, 3.8) is 0 Å². The van der Waals surface area contributed by atoms with E-state index in [0.29, 0.717) is 12.0 Å². The summed E-state index contributed by atoms with van der Waals surface area (Å²) in [6, 6.07) is 6.52. The van der Waals surface area contributed by atoms with Crippen LogP contribution in [0.15, 0.2) is 34.7 Å². The Labute approximate surface area is 106 Å². The highest BCUT2D eigenvalue weighted by atomic mass is 32.2.